The molecule has 2 heterocycles. The standard InChI is InChI=1S/C14H18N2O6S/c17-14(18)11-1-3-12(4-2-11)22-13-9-16(10-13)23(19,20)15-5-7-21-8-6-15/h1-4,13H,5-10H2,(H,17,18). The monoisotopic (exact) mass is 342 g/mol. The summed E-state index contributed by atoms with van der Waals surface area (Å²) in [6.45, 7) is 2.18. The van der Waals surface area contributed by atoms with Gasteiger partial charge in [0.1, 0.15) is 11.9 Å². The molecule has 0 aliphatic carbocycles. The molecule has 0 radical (unpaired) electrons. The third kappa shape index (κ3) is 3.47. The summed E-state index contributed by atoms with van der Waals surface area (Å²) < 4.78 is 38.3. The van der Waals surface area contributed by atoms with Crippen LogP contribution in [0.4, 0.5) is 0 Å². The number of carbonyl (C=O) groups is 1. The highest BCUT2D eigenvalue weighted by Gasteiger charge is 2.40. The minimum Gasteiger partial charge on any atom is -0.488 e. The maximum atomic E-state index is 12.4. The first kappa shape index (κ1) is 16.2. The fraction of sp³-hybridized carbons (Fsp3) is 0.500. The Labute approximate surface area is 134 Å². The van der Waals surface area contributed by atoms with Gasteiger partial charge in [0, 0.05) is 13.1 Å². The first-order valence-electron chi connectivity index (χ1n) is 7.30. The molecule has 8 nitrogen and oxygen atoms in total. The quantitative estimate of drug-likeness (QED) is 0.811. The molecular weight excluding hydrogens is 324 g/mol. The molecule has 23 heavy (non-hydrogen) atoms. The van der Waals surface area contributed by atoms with Crippen LogP contribution in [-0.4, -0.2) is 73.6 Å². The lowest BCUT2D eigenvalue weighted by molar-refractivity contribution is 0.0511. The summed E-state index contributed by atoms with van der Waals surface area (Å²) in [7, 11) is -3.44. The Morgan fingerprint density at radius 1 is 1.13 bits per heavy atom. The first-order valence-corrected chi connectivity index (χ1v) is 8.69. The second-order valence-corrected chi connectivity index (χ2v) is 7.33. The minimum absolute atomic E-state index is 0.183. The third-order valence-corrected chi connectivity index (χ3v) is 5.81. The largest absolute Gasteiger partial charge is 0.488 e. The highest BCUT2D eigenvalue weighted by atomic mass is 32.2. The zero-order valence-electron chi connectivity index (χ0n) is 12.4. The van der Waals surface area contributed by atoms with E-state index in [0.717, 1.165) is 0 Å². The zero-order chi connectivity index (χ0) is 16.4. The zero-order valence-corrected chi connectivity index (χ0v) is 13.2. The Kier molecular flexibility index (Phi) is 4.53. The number of morpholine rings is 1. The molecule has 0 spiro atoms. The number of hydrogen-bond acceptors (Lipinski definition) is 5. The van der Waals surface area contributed by atoms with Gasteiger partial charge < -0.3 is 14.6 Å². The molecule has 1 N–H and O–H groups in total. The van der Waals surface area contributed by atoms with Crippen LogP contribution >= 0.6 is 0 Å². The Morgan fingerprint density at radius 2 is 1.74 bits per heavy atom. The van der Waals surface area contributed by atoms with Gasteiger partial charge in [0.05, 0.1) is 31.9 Å². The average molecular weight is 342 g/mol. The van der Waals surface area contributed by atoms with Crippen molar-refractivity contribution < 1.29 is 27.8 Å². The molecule has 9 heteroatoms. The number of carboxylic acid groups (broad SMARTS) is 1. The number of aromatic carboxylic acids is 1. The van der Waals surface area contributed by atoms with E-state index in [9.17, 15) is 13.2 Å². The lowest BCUT2D eigenvalue weighted by atomic mass is 10.2. The SMILES string of the molecule is O=C(O)c1ccc(OC2CN(S(=O)(=O)N3CCOCC3)C2)cc1. The molecule has 126 valence electrons. The number of nitrogens with zero attached hydrogens (tertiary/aromatic N) is 2. The van der Waals surface area contributed by atoms with E-state index in [2.05, 4.69) is 0 Å². The predicted molar refractivity (Wildman–Crippen MR) is 80.7 cm³/mol. The number of ether oxygens (including phenoxy) is 2. The summed E-state index contributed by atoms with van der Waals surface area (Å²) in [6.07, 6.45) is -0.221. The van der Waals surface area contributed by atoms with E-state index in [-0.39, 0.29) is 11.7 Å². The summed E-state index contributed by atoms with van der Waals surface area (Å²) in [5.74, 6) is -0.466. The predicted octanol–water partition coefficient (Wildman–Crippen LogP) is 0.0248. The number of benzene rings is 1. The van der Waals surface area contributed by atoms with Crippen LogP contribution in [0.25, 0.3) is 0 Å². The molecule has 0 unspecified atom stereocenters. The lowest BCUT2D eigenvalue weighted by Crippen LogP contribution is -2.60. The maximum Gasteiger partial charge on any atom is 0.335 e. The van der Waals surface area contributed by atoms with Gasteiger partial charge in [-0.2, -0.15) is 17.0 Å². The van der Waals surface area contributed by atoms with Crippen molar-refractivity contribution in [1.82, 2.24) is 8.61 Å². The summed E-state index contributed by atoms with van der Waals surface area (Å²) in [4.78, 5) is 10.8. The highest BCUT2D eigenvalue weighted by Crippen LogP contribution is 2.23. The molecule has 0 saturated carbocycles. The van der Waals surface area contributed by atoms with Gasteiger partial charge in [-0.3, -0.25) is 0 Å². The molecule has 2 aliphatic heterocycles. The molecule has 2 fully saturated rings. The molecule has 2 aliphatic rings. The summed E-state index contributed by atoms with van der Waals surface area (Å²) in [5.41, 5.74) is 0.183. The number of hydrogen-bond donors (Lipinski definition) is 1. The summed E-state index contributed by atoms with van der Waals surface area (Å²) >= 11 is 0. The van der Waals surface area contributed by atoms with Crippen molar-refractivity contribution in [3.05, 3.63) is 29.8 Å². The van der Waals surface area contributed by atoms with Crippen molar-refractivity contribution in [1.29, 1.82) is 0 Å². The second-order valence-electron chi connectivity index (χ2n) is 5.41. The molecule has 2 saturated heterocycles. The molecule has 0 amide bonds. The highest BCUT2D eigenvalue weighted by molar-refractivity contribution is 7.86. The van der Waals surface area contributed by atoms with E-state index in [4.69, 9.17) is 14.6 Å². The second kappa shape index (κ2) is 6.44. The van der Waals surface area contributed by atoms with E-state index < -0.39 is 16.2 Å². The van der Waals surface area contributed by atoms with Gasteiger partial charge in [-0.15, -0.1) is 0 Å². The molecule has 0 atom stereocenters. The van der Waals surface area contributed by atoms with Crippen molar-refractivity contribution in [3.8, 4) is 5.75 Å². The Hall–Kier alpha value is -1.68. The van der Waals surface area contributed by atoms with Crippen molar-refractivity contribution >= 4 is 16.2 Å². The van der Waals surface area contributed by atoms with Crippen molar-refractivity contribution in [2.75, 3.05) is 39.4 Å². The van der Waals surface area contributed by atoms with Crippen LogP contribution in [0, 0.1) is 0 Å². The van der Waals surface area contributed by atoms with Gasteiger partial charge in [0.25, 0.3) is 10.2 Å². The van der Waals surface area contributed by atoms with Gasteiger partial charge in [-0.05, 0) is 24.3 Å². The van der Waals surface area contributed by atoms with Crippen LogP contribution in [0.2, 0.25) is 0 Å². The van der Waals surface area contributed by atoms with E-state index in [1.807, 2.05) is 0 Å². The van der Waals surface area contributed by atoms with Gasteiger partial charge in [0.15, 0.2) is 0 Å². The van der Waals surface area contributed by atoms with Gasteiger partial charge in [0.2, 0.25) is 0 Å². The van der Waals surface area contributed by atoms with Crippen LogP contribution in [0.15, 0.2) is 24.3 Å². The molecule has 0 bridgehead atoms. The maximum absolute atomic E-state index is 12.4. The lowest BCUT2D eigenvalue weighted by Gasteiger charge is -2.41. The molecule has 1 aromatic rings. The Bertz CT molecular complexity index is 663. The first-order chi connectivity index (χ1) is 11.0. The number of carboxylic acids is 1. The molecule has 3 rings (SSSR count). The van der Waals surface area contributed by atoms with Crippen LogP contribution < -0.4 is 4.74 Å². The fourth-order valence-corrected chi connectivity index (χ4v) is 4.12. The van der Waals surface area contributed by atoms with E-state index in [0.29, 0.717) is 45.1 Å². The van der Waals surface area contributed by atoms with Crippen LogP contribution in [0.5, 0.6) is 5.75 Å². The fourth-order valence-electron chi connectivity index (χ4n) is 2.47. The van der Waals surface area contributed by atoms with Crippen molar-refractivity contribution in [2.24, 2.45) is 0 Å². The molecule has 0 aromatic heterocycles. The smallest absolute Gasteiger partial charge is 0.335 e. The normalized spacial score (nSPS) is 20.9. The minimum atomic E-state index is -3.44. The Morgan fingerprint density at radius 3 is 2.30 bits per heavy atom. The van der Waals surface area contributed by atoms with Crippen LogP contribution in [0.1, 0.15) is 10.4 Å². The number of rotatable bonds is 5. The van der Waals surface area contributed by atoms with Crippen molar-refractivity contribution in [3.63, 3.8) is 0 Å². The van der Waals surface area contributed by atoms with Crippen LogP contribution in [0.3, 0.4) is 0 Å². The Balaban J connectivity index is 1.53. The molecule has 1 aromatic carbocycles. The average Bonchev–Trinajstić information content (AvgIpc) is 2.51. The van der Waals surface area contributed by atoms with E-state index in [1.165, 1.54) is 20.7 Å². The van der Waals surface area contributed by atoms with Gasteiger partial charge in [-0.1, -0.05) is 0 Å². The van der Waals surface area contributed by atoms with Crippen LogP contribution in [-0.2, 0) is 14.9 Å². The van der Waals surface area contributed by atoms with Gasteiger partial charge >= 0.3 is 5.97 Å². The van der Waals surface area contributed by atoms with Gasteiger partial charge in [-0.25, -0.2) is 4.79 Å². The topological polar surface area (TPSA) is 96.4 Å². The summed E-state index contributed by atoms with van der Waals surface area (Å²) in [5, 5.41) is 8.84. The van der Waals surface area contributed by atoms with Crippen molar-refractivity contribution in [2.45, 2.75) is 6.10 Å². The molecular formula is C14H18N2O6S. The summed E-state index contributed by atoms with van der Waals surface area (Å²) in [6, 6.07) is 6.06. The third-order valence-electron chi connectivity index (χ3n) is 3.84. The van der Waals surface area contributed by atoms with E-state index >= 15 is 0 Å². The van der Waals surface area contributed by atoms with E-state index in [1.54, 1.807) is 12.1 Å².